The van der Waals surface area contributed by atoms with Crippen molar-refractivity contribution in [3.8, 4) is 22.5 Å². The normalized spacial score (nSPS) is 20.1. The zero-order valence-electron chi connectivity index (χ0n) is 28.8. The number of anilines is 1. The van der Waals surface area contributed by atoms with Crippen LogP contribution in [0.15, 0.2) is 66.7 Å². The number of nitrogens with one attached hydrogen (secondary N) is 4. The van der Waals surface area contributed by atoms with Gasteiger partial charge in [-0.15, -0.1) is 10.2 Å². The van der Waals surface area contributed by atoms with Gasteiger partial charge in [-0.1, -0.05) is 30.3 Å². The van der Waals surface area contributed by atoms with E-state index in [9.17, 15) is 14.4 Å². The largest absolute Gasteiger partial charge is 0.348 e. The number of hydrogen-bond donors (Lipinski definition) is 5. The summed E-state index contributed by atoms with van der Waals surface area (Å²) in [6.07, 6.45) is 5.78. The number of carbonyl (C=O) groups excluding carboxylic acids is 3. The van der Waals surface area contributed by atoms with Gasteiger partial charge in [0.2, 0.25) is 17.6 Å². The molecule has 6 N–H and O–H groups in total. The van der Waals surface area contributed by atoms with Gasteiger partial charge in [0.25, 0.3) is 5.91 Å². The topological polar surface area (TPSA) is 171 Å². The molecule has 262 valence electrons. The predicted molar refractivity (Wildman–Crippen MR) is 193 cm³/mol. The number of aromatic nitrogens is 4. The SMILES string of the molecule is Cc1cc(C(=O)N[C@H]2CCCN(C)C2)ccc1-c1ccc(CC(NC(=O)[C@H]2CC[C@H](CN)CC2)C(=O)Nc2ccc(-c3nn[nH]n3)cc2)cc1. The lowest BCUT2D eigenvalue weighted by molar-refractivity contribution is -0.130. The molecule has 2 heterocycles. The molecule has 6 rings (SSSR count). The second kappa shape index (κ2) is 16.2. The second-order valence-electron chi connectivity index (χ2n) is 13.8. The van der Waals surface area contributed by atoms with Crippen LogP contribution in [0.25, 0.3) is 22.5 Å². The fourth-order valence-corrected chi connectivity index (χ4v) is 7.11. The van der Waals surface area contributed by atoms with Gasteiger partial charge < -0.3 is 26.6 Å². The molecule has 1 aromatic heterocycles. The highest BCUT2D eigenvalue weighted by atomic mass is 16.2. The van der Waals surface area contributed by atoms with E-state index in [0.29, 0.717) is 36.0 Å². The summed E-state index contributed by atoms with van der Waals surface area (Å²) in [5.74, 6) is 0.335. The number of hydrogen-bond acceptors (Lipinski definition) is 8. The van der Waals surface area contributed by atoms with E-state index in [1.165, 1.54) is 0 Å². The Bertz CT molecular complexity index is 1750. The maximum Gasteiger partial charge on any atom is 0.251 e. The monoisotopic (exact) mass is 677 g/mol. The summed E-state index contributed by atoms with van der Waals surface area (Å²) in [5.41, 5.74) is 11.8. The Kier molecular flexibility index (Phi) is 11.3. The summed E-state index contributed by atoms with van der Waals surface area (Å²) < 4.78 is 0. The minimum atomic E-state index is -0.777. The highest BCUT2D eigenvalue weighted by Gasteiger charge is 2.29. The van der Waals surface area contributed by atoms with Gasteiger partial charge >= 0.3 is 0 Å². The van der Waals surface area contributed by atoms with E-state index >= 15 is 0 Å². The van der Waals surface area contributed by atoms with Gasteiger partial charge in [-0.3, -0.25) is 14.4 Å². The van der Waals surface area contributed by atoms with Crippen LogP contribution in [0.3, 0.4) is 0 Å². The van der Waals surface area contributed by atoms with E-state index in [0.717, 1.165) is 79.4 Å². The number of aromatic amines is 1. The van der Waals surface area contributed by atoms with Crippen LogP contribution in [-0.4, -0.2) is 82.0 Å². The van der Waals surface area contributed by atoms with E-state index in [-0.39, 0.29) is 29.7 Å². The van der Waals surface area contributed by atoms with Gasteiger partial charge in [-0.25, -0.2) is 0 Å². The fourth-order valence-electron chi connectivity index (χ4n) is 7.11. The lowest BCUT2D eigenvalue weighted by atomic mass is 9.81. The Hall–Kier alpha value is -4.94. The number of amides is 3. The zero-order chi connectivity index (χ0) is 35.0. The van der Waals surface area contributed by atoms with Crippen LogP contribution in [0.5, 0.6) is 0 Å². The van der Waals surface area contributed by atoms with Crippen molar-refractivity contribution in [2.24, 2.45) is 17.6 Å². The lowest BCUT2D eigenvalue weighted by Gasteiger charge is -2.30. The van der Waals surface area contributed by atoms with Gasteiger partial charge in [-0.2, -0.15) is 5.21 Å². The molecule has 2 fully saturated rings. The first-order chi connectivity index (χ1) is 24.2. The van der Waals surface area contributed by atoms with E-state index < -0.39 is 6.04 Å². The number of likely N-dealkylation sites (N-methyl/N-ethyl adjacent to an activating group) is 1. The third-order valence-corrected chi connectivity index (χ3v) is 10.1. The van der Waals surface area contributed by atoms with Crippen LogP contribution in [0.4, 0.5) is 5.69 Å². The Labute approximate surface area is 293 Å². The third kappa shape index (κ3) is 8.80. The van der Waals surface area contributed by atoms with Gasteiger partial charge in [0, 0.05) is 41.7 Å². The number of piperidine rings is 1. The zero-order valence-corrected chi connectivity index (χ0v) is 28.8. The number of nitrogens with zero attached hydrogens (tertiary/aromatic N) is 4. The molecule has 1 saturated carbocycles. The van der Waals surface area contributed by atoms with Crippen LogP contribution >= 0.6 is 0 Å². The Balaban J connectivity index is 1.13. The molecule has 0 spiro atoms. The van der Waals surface area contributed by atoms with E-state index in [1.54, 1.807) is 24.3 Å². The van der Waals surface area contributed by atoms with Crippen LogP contribution < -0.4 is 21.7 Å². The van der Waals surface area contributed by atoms with Crippen molar-refractivity contribution < 1.29 is 14.4 Å². The van der Waals surface area contributed by atoms with Crippen LogP contribution in [-0.2, 0) is 16.0 Å². The summed E-state index contributed by atoms with van der Waals surface area (Å²) >= 11 is 0. The van der Waals surface area contributed by atoms with Crippen LogP contribution in [0, 0.1) is 18.8 Å². The molecule has 2 aliphatic rings. The number of benzene rings is 3. The molecule has 1 unspecified atom stereocenters. The van der Waals surface area contributed by atoms with Crippen LogP contribution in [0.1, 0.15) is 60.0 Å². The molecule has 50 heavy (non-hydrogen) atoms. The molecular formula is C38H47N9O3. The molecule has 1 saturated heterocycles. The van der Waals surface area contributed by atoms with Crippen molar-refractivity contribution in [3.63, 3.8) is 0 Å². The number of rotatable bonds is 11. The Morgan fingerprint density at radius 2 is 1.70 bits per heavy atom. The van der Waals surface area contributed by atoms with E-state index in [4.69, 9.17) is 5.73 Å². The fraction of sp³-hybridized carbons (Fsp3) is 0.421. The number of likely N-dealkylation sites (tertiary alicyclic amines) is 1. The predicted octanol–water partition coefficient (Wildman–Crippen LogP) is 4.10. The van der Waals surface area contributed by atoms with Gasteiger partial charge in [0.05, 0.1) is 0 Å². The van der Waals surface area contributed by atoms with Crippen molar-refractivity contribution >= 4 is 23.4 Å². The highest BCUT2D eigenvalue weighted by molar-refractivity contribution is 5.98. The standard InChI is InChI=1S/C38H47N9O3/c1-24-20-30(37(49)41-32-4-3-19-47(2)23-32)15-18-33(24)27-9-5-25(6-10-27)21-34(42-36(48)29-11-7-26(22-39)8-12-29)38(50)40-31-16-13-28(14-17-31)35-43-45-46-44-35/h5-6,9-10,13-18,20,26,29,32,34H,3-4,7-8,11-12,19,21-23,39H2,1-2H3,(H,40,50)(H,41,49)(H,42,48)(H,43,44,45,46)/t26-,29-,32-,34?/m0/s1. The molecular weight excluding hydrogens is 630 g/mol. The summed E-state index contributed by atoms with van der Waals surface area (Å²) in [7, 11) is 2.09. The summed E-state index contributed by atoms with van der Waals surface area (Å²) in [4.78, 5) is 42.4. The number of aryl methyl sites for hydroxylation is 1. The highest BCUT2D eigenvalue weighted by Crippen LogP contribution is 2.29. The molecule has 0 radical (unpaired) electrons. The van der Waals surface area contributed by atoms with Gasteiger partial charge in [0.15, 0.2) is 0 Å². The molecule has 2 atom stereocenters. The first kappa shape index (κ1) is 34.9. The first-order valence-electron chi connectivity index (χ1n) is 17.6. The molecule has 12 nitrogen and oxygen atoms in total. The quantitative estimate of drug-likeness (QED) is 0.158. The van der Waals surface area contributed by atoms with Crippen molar-refractivity contribution in [2.75, 3.05) is 32.0 Å². The van der Waals surface area contributed by atoms with Gasteiger partial charge in [0.1, 0.15) is 6.04 Å². The minimum Gasteiger partial charge on any atom is -0.348 e. The molecule has 4 aromatic rings. The van der Waals surface area contributed by atoms with E-state index in [1.807, 2.05) is 49.4 Å². The maximum atomic E-state index is 13.7. The summed E-state index contributed by atoms with van der Waals surface area (Å²) in [5, 5.41) is 23.3. The molecule has 12 heteroatoms. The molecule has 3 aromatic carbocycles. The van der Waals surface area contributed by atoms with Gasteiger partial charge in [-0.05, 0) is 135 Å². The molecule has 0 bridgehead atoms. The number of nitrogens with two attached hydrogens (primary N) is 1. The van der Waals surface area contributed by atoms with E-state index in [2.05, 4.69) is 48.5 Å². The minimum absolute atomic E-state index is 0.0444. The van der Waals surface area contributed by atoms with Crippen molar-refractivity contribution in [1.29, 1.82) is 0 Å². The third-order valence-electron chi connectivity index (χ3n) is 10.1. The number of tetrazole rings is 1. The molecule has 3 amide bonds. The average Bonchev–Trinajstić information content (AvgIpc) is 3.67. The summed E-state index contributed by atoms with van der Waals surface area (Å²) in [6.45, 7) is 4.59. The van der Waals surface area contributed by atoms with Crippen LogP contribution in [0.2, 0.25) is 0 Å². The average molecular weight is 678 g/mol. The van der Waals surface area contributed by atoms with Crippen molar-refractivity contribution in [2.45, 2.75) is 64.0 Å². The number of carbonyl (C=O) groups is 3. The first-order valence-corrected chi connectivity index (χ1v) is 17.6. The second-order valence-corrected chi connectivity index (χ2v) is 13.8. The smallest absolute Gasteiger partial charge is 0.251 e. The lowest BCUT2D eigenvalue weighted by Crippen LogP contribution is -2.48. The summed E-state index contributed by atoms with van der Waals surface area (Å²) in [6, 6.07) is 20.4. The molecule has 1 aliphatic heterocycles. The van der Waals surface area contributed by atoms with Crippen molar-refractivity contribution in [1.82, 2.24) is 36.2 Å². The number of H-pyrrole nitrogens is 1. The Morgan fingerprint density at radius 1 is 0.960 bits per heavy atom. The molecule has 1 aliphatic carbocycles. The maximum absolute atomic E-state index is 13.7. The Morgan fingerprint density at radius 3 is 2.36 bits per heavy atom. The van der Waals surface area contributed by atoms with Crippen molar-refractivity contribution in [3.05, 3.63) is 83.4 Å².